The van der Waals surface area contributed by atoms with Crippen molar-refractivity contribution in [1.82, 2.24) is 0 Å². The maximum atomic E-state index is 13.3. The van der Waals surface area contributed by atoms with Crippen molar-refractivity contribution in [3.05, 3.63) is 59.7 Å². The largest absolute Gasteiger partial charge is 0.204 e. The Labute approximate surface area is 149 Å². The molecule has 0 radical (unpaired) electrons. The van der Waals surface area contributed by atoms with E-state index < -0.39 is 11.6 Å². The van der Waals surface area contributed by atoms with Crippen LogP contribution in [0, 0.1) is 35.3 Å². The molecule has 1 fully saturated rings. The van der Waals surface area contributed by atoms with Crippen molar-refractivity contribution in [1.29, 1.82) is 0 Å². The van der Waals surface area contributed by atoms with Gasteiger partial charge in [0.05, 0.1) is 0 Å². The van der Waals surface area contributed by atoms with Crippen molar-refractivity contribution < 1.29 is 8.78 Å². The third-order valence-electron chi connectivity index (χ3n) is 5.10. The summed E-state index contributed by atoms with van der Waals surface area (Å²) in [5.74, 6) is 6.47. The monoisotopic (exact) mass is 338 g/mol. The maximum absolute atomic E-state index is 13.3. The lowest BCUT2D eigenvalue weighted by atomic mass is 9.80. The smallest absolute Gasteiger partial charge is 0.159 e. The molecule has 1 saturated carbocycles. The van der Waals surface area contributed by atoms with E-state index in [1.807, 2.05) is 24.3 Å². The summed E-state index contributed by atoms with van der Waals surface area (Å²) >= 11 is 0. The fraction of sp³-hybridized carbons (Fsp3) is 0.391. The lowest BCUT2D eigenvalue weighted by Gasteiger charge is -2.25. The summed E-state index contributed by atoms with van der Waals surface area (Å²) in [5.41, 5.74) is 2.51. The molecule has 0 heterocycles. The highest BCUT2D eigenvalue weighted by molar-refractivity contribution is 5.64. The van der Waals surface area contributed by atoms with E-state index in [0.717, 1.165) is 23.1 Å². The fourth-order valence-corrected chi connectivity index (χ4v) is 3.61. The third-order valence-corrected chi connectivity index (χ3v) is 5.10. The molecule has 0 amide bonds. The number of benzene rings is 2. The summed E-state index contributed by atoms with van der Waals surface area (Å²) in [6.07, 6.45) is 7.68. The van der Waals surface area contributed by atoms with E-state index in [9.17, 15) is 8.78 Å². The first kappa shape index (κ1) is 17.7. The van der Waals surface area contributed by atoms with E-state index in [1.54, 1.807) is 6.07 Å². The first-order chi connectivity index (χ1) is 12.2. The highest BCUT2D eigenvalue weighted by atomic mass is 19.2. The SMILES string of the molecule is CCC[C@H]1CC[C@H](C#Cc2ccc(-c3ccc(F)c(F)c3)cc2)CC1. The minimum absolute atomic E-state index is 0.513. The Hall–Kier alpha value is -2.14. The second-order valence-electron chi connectivity index (χ2n) is 6.98. The summed E-state index contributed by atoms with van der Waals surface area (Å²) in [6, 6.07) is 11.7. The highest BCUT2D eigenvalue weighted by Crippen LogP contribution is 2.31. The molecule has 0 unspecified atom stereocenters. The first-order valence-corrected chi connectivity index (χ1v) is 9.22. The second kappa shape index (κ2) is 8.30. The van der Waals surface area contributed by atoms with Gasteiger partial charge in [-0.2, -0.15) is 0 Å². The molecule has 2 aromatic carbocycles. The van der Waals surface area contributed by atoms with Crippen LogP contribution in [-0.2, 0) is 0 Å². The molecule has 130 valence electrons. The molecule has 0 saturated heterocycles. The van der Waals surface area contributed by atoms with E-state index in [1.165, 1.54) is 44.6 Å². The van der Waals surface area contributed by atoms with Crippen LogP contribution in [0.5, 0.6) is 0 Å². The zero-order valence-electron chi connectivity index (χ0n) is 14.7. The van der Waals surface area contributed by atoms with Crippen LogP contribution in [0.2, 0.25) is 0 Å². The summed E-state index contributed by atoms with van der Waals surface area (Å²) < 4.78 is 26.4. The summed E-state index contributed by atoms with van der Waals surface area (Å²) in [5, 5.41) is 0. The van der Waals surface area contributed by atoms with E-state index in [-0.39, 0.29) is 0 Å². The topological polar surface area (TPSA) is 0 Å². The van der Waals surface area contributed by atoms with Crippen LogP contribution in [0.1, 0.15) is 51.0 Å². The van der Waals surface area contributed by atoms with Crippen molar-refractivity contribution in [2.75, 3.05) is 0 Å². The molecular weight excluding hydrogens is 314 g/mol. The minimum atomic E-state index is -0.820. The van der Waals surface area contributed by atoms with Crippen LogP contribution in [0.4, 0.5) is 8.78 Å². The molecule has 0 N–H and O–H groups in total. The van der Waals surface area contributed by atoms with E-state index in [2.05, 4.69) is 18.8 Å². The lowest BCUT2D eigenvalue weighted by Crippen LogP contribution is -2.13. The molecule has 0 nitrogen and oxygen atoms in total. The van der Waals surface area contributed by atoms with Gasteiger partial charge in [-0.15, -0.1) is 0 Å². The van der Waals surface area contributed by atoms with E-state index in [0.29, 0.717) is 11.5 Å². The van der Waals surface area contributed by atoms with Gasteiger partial charge in [0.1, 0.15) is 0 Å². The number of hydrogen-bond acceptors (Lipinski definition) is 0. The van der Waals surface area contributed by atoms with Gasteiger partial charge in [0.15, 0.2) is 11.6 Å². The quantitative estimate of drug-likeness (QED) is 0.554. The van der Waals surface area contributed by atoms with Gasteiger partial charge in [-0.05, 0) is 67.0 Å². The normalized spacial score (nSPS) is 20.0. The Kier molecular flexibility index (Phi) is 5.87. The third kappa shape index (κ3) is 4.69. The maximum Gasteiger partial charge on any atom is 0.159 e. The molecule has 25 heavy (non-hydrogen) atoms. The van der Waals surface area contributed by atoms with Crippen molar-refractivity contribution in [2.45, 2.75) is 45.4 Å². The Morgan fingerprint density at radius 1 is 0.880 bits per heavy atom. The minimum Gasteiger partial charge on any atom is -0.204 e. The van der Waals surface area contributed by atoms with Crippen molar-refractivity contribution in [3.63, 3.8) is 0 Å². The molecule has 2 aromatic rings. The predicted molar refractivity (Wildman–Crippen MR) is 99.0 cm³/mol. The molecule has 0 aliphatic heterocycles. The van der Waals surface area contributed by atoms with Gasteiger partial charge in [-0.3, -0.25) is 0 Å². The van der Waals surface area contributed by atoms with Crippen molar-refractivity contribution >= 4 is 0 Å². The van der Waals surface area contributed by atoms with Gasteiger partial charge in [0.2, 0.25) is 0 Å². The molecule has 0 aromatic heterocycles. The van der Waals surface area contributed by atoms with Gasteiger partial charge in [-0.25, -0.2) is 8.78 Å². The molecule has 3 rings (SSSR count). The van der Waals surface area contributed by atoms with Crippen LogP contribution >= 0.6 is 0 Å². The van der Waals surface area contributed by atoms with Crippen molar-refractivity contribution in [3.8, 4) is 23.0 Å². The van der Waals surface area contributed by atoms with E-state index in [4.69, 9.17) is 0 Å². The predicted octanol–water partition coefficient (Wildman–Crippen LogP) is 6.59. The Balaban J connectivity index is 1.63. The zero-order chi connectivity index (χ0) is 17.6. The molecule has 1 aliphatic carbocycles. The van der Waals surface area contributed by atoms with Gasteiger partial charge in [0.25, 0.3) is 0 Å². The zero-order valence-corrected chi connectivity index (χ0v) is 14.7. The lowest BCUT2D eigenvalue weighted by molar-refractivity contribution is 0.300. The molecule has 0 bridgehead atoms. The molecule has 0 spiro atoms. The fourth-order valence-electron chi connectivity index (χ4n) is 3.61. The Bertz CT molecular complexity index is 757. The molecule has 1 aliphatic rings. The number of halogens is 2. The molecule has 0 atom stereocenters. The Morgan fingerprint density at radius 2 is 1.56 bits per heavy atom. The van der Waals surface area contributed by atoms with Crippen LogP contribution in [0.3, 0.4) is 0 Å². The van der Waals surface area contributed by atoms with Crippen LogP contribution < -0.4 is 0 Å². The van der Waals surface area contributed by atoms with Gasteiger partial charge < -0.3 is 0 Å². The van der Waals surface area contributed by atoms with Crippen LogP contribution in [-0.4, -0.2) is 0 Å². The molecule has 2 heteroatoms. The Morgan fingerprint density at radius 3 is 2.20 bits per heavy atom. The van der Waals surface area contributed by atoms with Crippen LogP contribution in [0.25, 0.3) is 11.1 Å². The molecular formula is C23H24F2. The highest BCUT2D eigenvalue weighted by Gasteiger charge is 2.18. The summed E-state index contributed by atoms with van der Waals surface area (Å²) in [6.45, 7) is 2.26. The second-order valence-corrected chi connectivity index (χ2v) is 6.98. The summed E-state index contributed by atoms with van der Waals surface area (Å²) in [4.78, 5) is 0. The van der Waals surface area contributed by atoms with Crippen LogP contribution in [0.15, 0.2) is 42.5 Å². The van der Waals surface area contributed by atoms with Gasteiger partial charge in [-0.1, -0.05) is 49.8 Å². The van der Waals surface area contributed by atoms with E-state index >= 15 is 0 Å². The van der Waals surface area contributed by atoms with Gasteiger partial charge in [0, 0.05) is 11.5 Å². The summed E-state index contributed by atoms with van der Waals surface area (Å²) in [7, 11) is 0. The standard InChI is InChI=1S/C23H24F2/c1-2-3-17-4-6-18(7-5-17)8-9-19-10-12-20(13-11-19)21-14-15-22(24)23(25)16-21/h10-18H,2-7H2,1H3/t17-,18-. The van der Waals surface area contributed by atoms with Gasteiger partial charge >= 0.3 is 0 Å². The first-order valence-electron chi connectivity index (χ1n) is 9.22. The number of rotatable bonds is 3. The average molecular weight is 338 g/mol. The average Bonchev–Trinajstić information content (AvgIpc) is 2.64. The number of hydrogen-bond donors (Lipinski definition) is 0. The van der Waals surface area contributed by atoms with Crippen molar-refractivity contribution in [2.24, 2.45) is 11.8 Å².